The summed E-state index contributed by atoms with van der Waals surface area (Å²) in [5, 5.41) is 3.11. The SMILES string of the molecule is CCN(CC)CCCn1c(=S)[nH]c2cc(C(=O)NC)ccc2c1=O. The van der Waals surface area contributed by atoms with E-state index in [1.807, 2.05) is 0 Å². The lowest BCUT2D eigenvalue weighted by Crippen LogP contribution is -2.28. The highest BCUT2D eigenvalue weighted by atomic mass is 32.1. The Balaban J connectivity index is 2.31. The fraction of sp³-hybridized carbons (Fsp3) is 0.471. The summed E-state index contributed by atoms with van der Waals surface area (Å²) in [6.45, 7) is 7.76. The maximum atomic E-state index is 12.7. The number of rotatable bonds is 7. The number of amides is 1. The number of aromatic nitrogens is 2. The Hall–Kier alpha value is -1.99. The van der Waals surface area contributed by atoms with Crippen molar-refractivity contribution < 1.29 is 4.79 Å². The maximum absolute atomic E-state index is 12.7. The van der Waals surface area contributed by atoms with Gasteiger partial charge in [-0.15, -0.1) is 0 Å². The maximum Gasteiger partial charge on any atom is 0.262 e. The Bertz CT molecular complexity index is 837. The summed E-state index contributed by atoms with van der Waals surface area (Å²) in [7, 11) is 1.57. The minimum Gasteiger partial charge on any atom is -0.355 e. The molecule has 0 unspecified atom stereocenters. The van der Waals surface area contributed by atoms with Crippen LogP contribution >= 0.6 is 12.2 Å². The van der Waals surface area contributed by atoms with Crippen molar-refractivity contribution in [2.45, 2.75) is 26.8 Å². The summed E-state index contributed by atoms with van der Waals surface area (Å²) in [5.74, 6) is -0.195. The van der Waals surface area contributed by atoms with Crippen LogP contribution in [0.2, 0.25) is 0 Å². The lowest BCUT2D eigenvalue weighted by molar-refractivity contribution is 0.0963. The van der Waals surface area contributed by atoms with E-state index in [0.717, 1.165) is 26.1 Å². The van der Waals surface area contributed by atoms with Crippen molar-refractivity contribution in [3.8, 4) is 0 Å². The standard InChI is InChI=1S/C17H24N4O2S/c1-4-20(5-2)9-6-10-21-16(23)13-8-7-12(15(22)18-3)11-14(13)19-17(21)24/h7-8,11H,4-6,9-10H2,1-3H3,(H,18,22)(H,19,24). The smallest absolute Gasteiger partial charge is 0.262 e. The van der Waals surface area contributed by atoms with Gasteiger partial charge in [-0.25, -0.2) is 0 Å². The van der Waals surface area contributed by atoms with E-state index in [1.165, 1.54) is 0 Å². The van der Waals surface area contributed by atoms with Gasteiger partial charge in [0.25, 0.3) is 11.5 Å². The first kappa shape index (κ1) is 18.4. The third kappa shape index (κ3) is 3.91. The lowest BCUT2D eigenvalue weighted by atomic mass is 10.1. The molecule has 0 saturated carbocycles. The fourth-order valence-electron chi connectivity index (χ4n) is 2.74. The molecule has 0 aliphatic rings. The summed E-state index contributed by atoms with van der Waals surface area (Å²) < 4.78 is 1.99. The summed E-state index contributed by atoms with van der Waals surface area (Å²) in [6.07, 6.45) is 0.862. The van der Waals surface area contributed by atoms with Crippen LogP contribution in [0.5, 0.6) is 0 Å². The normalized spacial score (nSPS) is 11.2. The van der Waals surface area contributed by atoms with Crippen LogP contribution in [0.15, 0.2) is 23.0 Å². The number of hydrogen-bond donors (Lipinski definition) is 2. The monoisotopic (exact) mass is 348 g/mol. The zero-order chi connectivity index (χ0) is 17.7. The van der Waals surface area contributed by atoms with E-state index in [4.69, 9.17) is 12.2 Å². The van der Waals surface area contributed by atoms with Gasteiger partial charge in [0.1, 0.15) is 0 Å². The number of H-pyrrole nitrogens is 1. The Morgan fingerprint density at radius 1 is 1.33 bits per heavy atom. The van der Waals surface area contributed by atoms with Crippen molar-refractivity contribution >= 4 is 29.0 Å². The largest absolute Gasteiger partial charge is 0.355 e. The van der Waals surface area contributed by atoms with Gasteiger partial charge < -0.3 is 15.2 Å². The molecule has 0 spiro atoms. The van der Waals surface area contributed by atoms with Gasteiger partial charge in [-0.1, -0.05) is 13.8 Å². The molecule has 1 aromatic carbocycles. The number of fused-ring (bicyclic) bond motifs is 1. The quantitative estimate of drug-likeness (QED) is 0.752. The number of nitrogens with zero attached hydrogens (tertiary/aromatic N) is 2. The zero-order valence-corrected chi connectivity index (χ0v) is 15.2. The van der Waals surface area contributed by atoms with Gasteiger partial charge in [-0.2, -0.15) is 0 Å². The van der Waals surface area contributed by atoms with Crippen molar-refractivity contribution in [3.63, 3.8) is 0 Å². The minimum absolute atomic E-state index is 0.114. The van der Waals surface area contributed by atoms with E-state index in [-0.39, 0.29) is 11.5 Å². The van der Waals surface area contributed by atoms with Gasteiger partial charge in [-0.3, -0.25) is 14.2 Å². The fourth-order valence-corrected chi connectivity index (χ4v) is 3.02. The van der Waals surface area contributed by atoms with E-state index >= 15 is 0 Å². The molecule has 0 radical (unpaired) electrons. The molecule has 1 amide bonds. The highest BCUT2D eigenvalue weighted by Gasteiger charge is 2.09. The summed E-state index contributed by atoms with van der Waals surface area (Å²) in [5.41, 5.74) is 0.970. The van der Waals surface area contributed by atoms with Crippen molar-refractivity contribution in [1.29, 1.82) is 0 Å². The van der Waals surface area contributed by atoms with Gasteiger partial charge >= 0.3 is 0 Å². The second-order valence-electron chi connectivity index (χ2n) is 5.61. The molecule has 0 aliphatic carbocycles. The van der Waals surface area contributed by atoms with Crippen molar-refractivity contribution in [2.24, 2.45) is 0 Å². The number of aromatic amines is 1. The predicted octanol–water partition coefficient (Wildman–Crippen LogP) is 2.15. The molecule has 1 aromatic heterocycles. The van der Waals surface area contributed by atoms with Crippen LogP contribution in [0.25, 0.3) is 10.9 Å². The van der Waals surface area contributed by atoms with Crippen LogP contribution in [0.4, 0.5) is 0 Å². The Labute approximate surface area is 146 Å². The molecule has 24 heavy (non-hydrogen) atoms. The number of carbonyl (C=O) groups is 1. The molecule has 0 aliphatic heterocycles. The Morgan fingerprint density at radius 2 is 2.04 bits per heavy atom. The third-order valence-electron chi connectivity index (χ3n) is 4.22. The molecule has 2 N–H and O–H groups in total. The molecule has 6 nitrogen and oxygen atoms in total. The van der Waals surface area contributed by atoms with E-state index < -0.39 is 0 Å². The summed E-state index contributed by atoms with van der Waals surface area (Å²) in [6, 6.07) is 4.99. The molecular formula is C17H24N4O2S. The van der Waals surface area contributed by atoms with Crippen molar-refractivity contribution in [3.05, 3.63) is 38.9 Å². The number of hydrogen-bond acceptors (Lipinski definition) is 4. The molecule has 130 valence electrons. The van der Waals surface area contributed by atoms with Crippen LogP contribution in [0.1, 0.15) is 30.6 Å². The average molecular weight is 348 g/mol. The highest BCUT2D eigenvalue weighted by molar-refractivity contribution is 7.71. The molecule has 2 aromatic rings. The number of carbonyl (C=O) groups excluding carboxylic acids is 1. The zero-order valence-electron chi connectivity index (χ0n) is 14.4. The molecule has 2 rings (SSSR count). The topological polar surface area (TPSA) is 70.1 Å². The first-order valence-electron chi connectivity index (χ1n) is 8.23. The van der Waals surface area contributed by atoms with Gasteiger partial charge in [0.15, 0.2) is 4.77 Å². The van der Waals surface area contributed by atoms with Crippen LogP contribution < -0.4 is 10.9 Å². The Kier molecular flexibility index (Phi) is 6.28. The van der Waals surface area contributed by atoms with Crippen LogP contribution in [-0.4, -0.2) is 47.0 Å². The summed E-state index contributed by atoms with van der Waals surface area (Å²) >= 11 is 5.33. The molecule has 0 bridgehead atoms. The molecule has 1 heterocycles. The van der Waals surface area contributed by atoms with Gasteiger partial charge in [0.05, 0.1) is 10.9 Å². The Morgan fingerprint density at radius 3 is 2.67 bits per heavy atom. The molecule has 0 atom stereocenters. The molecule has 0 saturated heterocycles. The second kappa shape index (κ2) is 8.21. The van der Waals surface area contributed by atoms with Crippen LogP contribution in [0.3, 0.4) is 0 Å². The highest BCUT2D eigenvalue weighted by Crippen LogP contribution is 2.11. The van der Waals surface area contributed by atoms with E-state index in [0.29, 0.717) is 27.8 Å². The predicted molar refractivity (Wildman–Crippen MR) is 99.2 cm³/mol. The molecule has 7 heteroatoms. The molecular weight excluding hydrogens is 324 g/mol. The van der Waals surface area contributed by atoms with Gasteiger partial charge in [-0.05, 0) is 56.5 Å². The molecule has 0 fully saturated rings. The van der Waals surface area contributed by atoms with Crippen molar-refractivity contribution in [2.75, 3.05) is 26.7 Å². The number of nitrogens with one attached hydrogen (secondary N) is 2. The van der Waals surface area contributed by atoms with Crippen LogP contribution in [0, 0.1) is 4.77 Å². The summed E-state index contributed by atoms with van der Waals surface area (Å²) in [4.78, 5) is 29.8. The first-order valence-corrected chi connectivity index (χ1v) is 8.63. The average Bonchev–Trinajstić information content (AvgIpc) is 2.60. The van der Waals surface area contributed by atoms with Crippen molar-refractivity contribution in [1.82, 2.24) is 19.8 Å². The van der Waals surface area contributed by atoms with E-state index in [2.05, 4.69) is 29.0 Å². The second-order valence-corrected chi connectivity index (χ2v) is 5.99. The lowest BCUT2D eigenvalue weighted by Gasteiger charge is -2.18. The van der Waals surface area contributed by atoms with E-state index in [1.54, 1.807) is 29.8 Å². The third-order valence-corrected chi connectivity index (χ3v) is 4.54. The van der Waals surface area contributed by atoms with Gasteiger partial charge in [0, 0.05) is 19.2 Å². The van der Waals surface area contributed by atoms with E-state index in [9.17, 15) is 9.59 Å². The first-order chi connectivity index (χ1) is 11.5. The number of benzene rings is 1. The van der Waals surface area contributed by atoms with Crippen LogP contribution in [-0.2, 0) is 6.54 Å². The van der Waals surface area contributed by atoms with Gasteiger partial charge in [0.2, 0.25) is 0 Å². The minimum atomic E-state index is -0.195.